The number of amides is 1. The van der Waals surface area contributed by atoms with Crippen LogP contribution in [0.5, 0.6) is 0 Å². The Kier molecular flexibility index (Phi) is 2.29. The second-order valence-corrected chi connectivity index (χ2v) is 3.27. The van der Waals surface area contributed by atoms with E-state index in [1.807, 2.05) is 0 Å². The van der Waals surface area contributed by atoms with E-state index in [0.29, 0.717) is 17.2 Å². The zero-order valence-corrected chi connectivity index (χ0v) is 8.52. The number of hydrogen-bond acceptors (Lipinski definition) is 3. The monoisotopic (exact) mass is 205 g/mol. The Hall–Kier alpha value is -2.04. The molecule has 2 aromatic heterocycles. The molecule has 0 aromatic carbocycles. The SMILES string of the molecule is Cc1ccc(C(=O)Nc2cnn(C)c2)o1. The van der Waals surface area contributed by atoms with Crippen molar-refractivity contribution >= 4 is 11.6 Å². The van der Waals surface area contributed by atoms with Gasteiger partial charge in [-0.3, -0.25) is 9.48 Å². The van der Waals surface area contributed by atoms with Gasteiger partial charge in [0.05, 0.1) is 11.9 Å². The van der Waals surface area contributed by atoms with Gasteiger partial charge in [0.15, 0.2) is 5.76 Å². The van der Waals surface area contributed by atoms with Crippen molar-refractivity contribution in [2.45, 2.75) is 6.92 Å². The number of aryl methyl sites for hydroxylation is 2. The lowest BCUT2D eigenvalue weighted by Gasteiger charge is -1.97. The van der Waals surface area contributed by atoms with Gasteiger partial charge in [-0.15, -0.1) is 0 Å². The van der Waals surface area contributed by atoms with Crippen LogP contribution in [0, 0.1) is 6.92 Å². The summed E-state index contributed by atoms with van der Waals surface area (Å²) in [6.45, 7) is 1.79. The number of nitrogens with one attached hydrogen (secondary N) is 1. The molecule has 0 aliphatic rings. The number of furan rings is 1. The second-order valence-electron chi connectivity index (χ2n) is 3.27. The highest BCUT2D eigenvalue weighted by Crippen LogP contribution is 2.10. The quantitative estimate of drug-likeness (QED) is 0.809. The van der Waals surface area contributed by atoms with Gasteiger partial charge in [-0.1, -0.05) is 0 Å². The maximum atomic E-state index is 11.6. The molecule has 0 bridgehead atoms. The van der Waals surface area contributed by atoms with E-state index in [2.05, 4.69) is 10.4 Å². The summed E-state index contributed by atoms with van der Waals surface area (Å²) >= 11 is 0. The number of hydrogen-bond donors (Lipinski definition) is 1. The molecular formula is C10H11N3O2. The molecule has 78 valence electrons. The highest BCUT2D eigenvalue weighted by Gasteiger charge is 2.10. The van der Waals surface area contributed by atoms with Crippen molar-refractivity contribution in [1.29, 1.82) is 0 Å². The van der Waals surface area contributed by atoms with E-state index < -0.39 is 0 Å². The zero-order valence-electron chi connectivity index (χ0n) is 8.52. The van der Waals surface area contributed by atoms with Crippen LogP contribution in [-0.4, -0.2) is 15.7 Å². The van der Waals surface area contributed by atoms with Crippen molar-refractivity contribution in [2.75, 3.05) is 5.32 Å². The average Bonchev–Trinajstić information content (AvgIpc) is 2.75. The predicted octanol–water partition coefficient (Wildman–Crippen LogP) is 1.57. The van der Waals surface area contributed by atoms with E-state index in [0.717, 1.165) is 0 Å². The van der Waals surface area contributed by atoms with Crippen molar-refractivity contribution in [3.63, 3.8) is 0 Å². The van der Waals surface area contributed by atoms with Gasteiger partial charge in [-0.25, -0.2) is 0 Å². The second kappa shape index (κ2) is 3.61. The van der Waals surface area contributed by atoms with Gasteiger partial charge in [-0.05, 0) is 19.1 Å². The van der Waals surface area contributed by atoms with Crippen LogP contribution < -0.4 is 5.32 Å². The summed E-state index contributed by atoms with van der Waals surface area (Å²) in [4.78, 5) is 11.6. The molecule has 1 amide bonds. The van der Waals surface area contributed by atoms with Crippen LogP contribution >= 0.6 is 0 Å². The Bertz CT molecular complexity index is 484. The Morgan fingerprint density at radius 3 is 2.87 bits per heavy atom. The summed E-state index contributed by atoms with van der Waals surface area (Å²) in [6.07, 6.45) is 3.29. The van der Waals surface area contributed by atoms with Crippen LogP contribution in [-0.2, 0) is 7.05 Å². The lowest BCUT2D eigenvalue weighted by molar-refractivity contribution is 0.0995. The average molecular weight is 205 g/mol. The summed E-state index contributed by atoms with van der Waals surface area (Å²) in [5.41, 5.74) is 0.650. The van der Waals surface area contributed by atoms with E-state index in [1.165, 1.54) is 0 Å². The summed E-state index contributed by atoms with van der Waals surface area (Å²) in [5.74, 6) is 0.749. The Morgan fingerprint density at radius 2 is 2.33 bits per heavy atom. The zero-order chi connectivity index (χ0) is 10.8. The van der Waals surface area contributed by atoms with Gasteiger partial charge in [0.2, 0.25) is 0 Å². The summed E-state index contributed by atoms with van der Waals surface area (Å²) in [6, 6.07) is 3.39. The lowest BCUT2D eigenvalue weighted by Crippen LogP contribution is -2.10. The largest absolute Gasteiger partial charge is 0.456 e. The molecular weight excluding hydrogens is 194 g/mol. The molecule has 2 heterocycles. The molecule has 0 unspecified atom stereocenters. The molecule has 15 heavy (non-hydrogen) atoms. The van der Waals surface area contributed by atoms with Gasteiger partial charge in [0.1, 0.15) is 5.76 Å². The van der Waals surface area contributed by atoms with Crippen molar-refractivity contribution in [3.05, 3.63) is 36.0 Å². The van der Waals surface area contributed by atoms with Crippen molar-refractivity contribution in [1.82, 2.24) is 9.78 Å². The fourth-order valence-electron chi connectivity index (χ4n) is 1.24. The van der Waals surface area contributed by atoms with E-state index in [4.69, 9.17) is 4.42 Å². The van der Waals surface area contributed by atoms with Crippen LogP contribution in [0.1, 0.15) is 16.3 Å². The highest BCUT2D eigenvalue weighted by atomic mass is 16.3. The Labute approximate surface area is 86.7 Å². The minimum atomic E-state index is -0.267. The van der Waals surface area contributed by atoms with Crippen LogP contribution in [0.15, 0.2) is 28.9 Å². The molecule has 2 aromatic rings. The molecule has 0 saturated heterocycles. The molecule has 0 fully saturated rings. The number of nitrogens with zero attached hydrogens (tertiary/aromatic N) is 2. The Balaban J connectivity index is 2.10. The van der Waals surface area contributed by atoms with Crippen molar-refractivity contribution < 1.29 is 9.21 Å². The molecule has 0 atom stereocenters. The molecule has 0 spiro atoms. The summed E-state index contributed by atoms with van der Waals surface area (Å²) < 4.78 is 6.80. The topological polar surface area (TPSA) is 60.1 Å². The van der Waals surface area contributed by atoms with Crippen LogP contribution in [0.2, 0.25) is 0 Å². The first-order valence-corrected chi connectivity index (χ1v) is 4.51. The van der Waals surface area contributed by atoms with Gasteiger partial charge in [0, 0.05) is 13.2 Å². The standard InChI is InChI=1S/C10H11N3O2/c1-7-3-4-9(15-7)10(14)12-8-5-11-13(2)6-8/h3-6H,1-2H3,(H,12,14). The highest BCUT2D eigenvalue weighted by molar-refractivity contribution is 6.02. The molecule has 0 aliphatic carbocycles. The van der Waals surface area contributed by atoms with Gasteiger partial charge >= 0.3 is 0 Å². The molecule has 0 saturated carbocycles. The fourth-order valence-corrected chi connectivity index (χ4v) is 1.24. The molecule has 1 N–H and O–H groups in total. The normalized spacial score (nSPS) is 10.3. The molecule has 0 aliphatic heterocycles. The lowest BCUT2D eigenvalue weighted by atomic mass is 10.4. The van der Waals surface area contributed by atoms with Crippen molar-refractivity contribution in [2.24, 2.45) is 7.05 Å². The van der Waals surface area contributed by atoms with Crippen LogP contribution in [0.4, 0.5) is 5.69 Å². The number of carbonyl (C=O) groups is 1. The van der Waals surface area contributed by atoms with E-state index in [9.17, 15) is 4.79 Å². The smallest absolute Gasteiger partial charge is 0.291 e. The number of anilines is 1. The number of carbonyl (C=O) groups excluding carboxylic acids is 1. The maximum Gasteiger partial charge on any atom is 0.291 e. The minimum Gasteiger partial charge on any atom is -0.456 e. The first-order valence-electron chi connectivity index (χ1n) is 4.51. The molecule has 2 rings (SSSR count). The van der Waals surface area contributed by atoms with Crippen LogP contribution in [0.25, 0.3) is 0 Å². The fraction of sp³-hybridized carbons (Fsp3) is 0.200. The van der Waals surface area contributed by atoms with Gasteiger partial charge in [-0.2, -0.15) is 5.10 Å². The maximum absolute atomic E-state index is 11.6. The summed E-state index contributed by atoms with van der Waals surface area (Å²) in [7, 11) is 1.78. The molecule has 0 radical (unpaired) electrons. The molecule has 5 heteroatoms. The third-order valence-corrected chi connectivity index (χ3v) is 1.93. The van der Waals surface area contributed by atoms with Crippen molar-refractivity contribution in [3.8, 4) is 0 Å². The first-order chi connectivity index (χ1) is 7.15. The first kappa shape index (κ1) is 9.51. The number of rotatable bonds is 2. The van der Waals surface area contributed by atoms with Gasteiger partial charge in [0.25, 0.3) is 5.91 Å². The third-order valence-electron chi connectivity index (χ3n) is 1.93. The minimum absolute atomic E-state index is 0.267. The van der Waals surface area contributed by atoms with E-state index in [1.54, 1.807) is 43.2 Å². The van der Waals surface area contributed by atoms with E-state index in [-0.39, 0.29) is 5.91 Å². The van der Waals surface area contributed by atoms with Crippen LogP contribution in [0.3, 0.4) is 0 Å². The Morgan fingerprint density at radius 1 is 1.53 bits per heavy atom. The van der Waals surface area contributed by atoms with Gasteiger partial charge < -0.3 is 9.73 Å². The third kappa shape index (κ3) is 2.07. The summed E-state index contributed by atoms with van der Waals surface area (Å²) in [5, 5.41) is 6.62. The molecule has 5 nitrogen and oxygen atoms in total. The predicted molar refractivity (Wildman–Crippen MR) is 54.6 cm³/mol. The number of aromatic nitrogens is 2. The van der Waals surface area contributed by atoms with E-state index >= 15 is 0 Å².